The van der Waals surface area contributed by atoms with Gasteiger partial charge in [0.15, 0.2) is 5.69 Å². The number of hydrogen-bond acceptors (Lipinski definition) is 5. The lowest BCUT2D eigenvalue weighted by atomic mass is 10.1. The molecule has 1 unspecified atom stereocenters. The van der Waals surface area contributed by atoms with Crippen LogP contribution in [-0.4, -0.2) is 58.8 Å². The Balaban J connectivity index is 1.75. The van der Waals surface area contributed by atoms with Gasteiger partial charge in [-0.2, -0.15) is 5.10 Å². The Labute approximate surface area is 222 Å². The maximum Gasteiger partial charge on any atom is 0.358 e. The molecular weight excluding hydrogens is 520 g/mol. The Kier molecular flexibility index (Phi) is 10.3. The Hall–Kier alpha value is -2.97. The van der Waals surface area contributed by atoms with Crippen molar-refractivity contribution in [3.8, 4) is 16.9 Å². The van der Waals surface area contributed by atoms with Crippen LogP contribution < -0.4 is 5.32 Å². The number of aromatic nitrogens is 2. The van der Waals surface area contributed by atoms with Gasteiger partial charge in [0.05, 0.1) is 18.0 Å². The number of carbonyl (C=O) groups is 2. The molecule has 1 heterocycles. The molecule has 192 valence electrons. The predicted octanol–water partition coefficient (Wildman–Crippen LogP) is 5.72. The average molecular weight is 556 g/mol. The largest absolute Gasteiger partial charge is 0.461 e. The maximum absolute atomic E-state index is 12.8. The van der Waals surface area contributed by atoms with E-state index in [1.165, 1.54) is 0 Å². The Morgan fingerprint density at radius 1 is 1.06 bits per heavy atom. The first-order valence-electron chi connectivity index (χ1n) is 12.5. The number of carbonyl (C=O) groups excluding carboxylic acids is 2. The molecule has 3 rings (SSSR count). The van der Waals surface area contributed by atoms with E-state index in [9.17, 15) is 9.59 Å². The highest BCUT2D eigenvalue weighted by Gasteiger charge is 2.18. The van der Waals surface area contributed by atoms with Crippen LogP contribution in [0.1, 0.15) is 61.4 Å². The van der Waals surface area contributed by atoms with Gasteiger partial charge in [-0.3, -0.25) is 4.79 Å². The van der Waals surface area contributed by atoms with Gasteiger partial charge in [0.25, 0.3) is 5.91 Å². The molecule has 0 saturated carbocycles. The lowest BCUT2D eigenvalue weighted by molar-refractivity contribution is 0.0518. The van der Waals surface area contributed by atoms with Crippen LogP contribution in [0.15, 0.2) is 59.1 Å². The molecule has 0 aliphatic heterocycles. The molecule has 1 N–H and O–H groups in total. The van der Waals surface area contributed by atoms with Gasteiger partial charge >= 0.3 is 5.97 Å². The fourth-order valence-electron chi connectivity index (χ4n) is 4.00. The summed E-state index contributed by atoms with van der Waals surface area (Å²) in [6.07, 6.45) is 1.98. The second-order valence-corrected chi connectivity index (χ2v) is 9.56. The molecule has 0 radical (unpaired) electrons. The summed E-state index contributed by atoms with van der Waals surface area (Å²) in [6.45, 7) is 11.6. The van der Waals surface area contributed by atoms with Gasteiger partial charge in [0.1, 0.15) is 0 Å². The van der Waals surface area contributed by atoms with Gasteiger partial charge in [0.2, 0.25) is 0 Å². The molecule has 0 fully saturated rings. The first-order valence-corrected chi connectivity index (χ1v) is 13.3. The minimum atomic E-state index is -0.472. The zero-order valence-corrected chi connectivity index (χ0v) is 23.0. The van der Waals surface area contributed by atoms with Gasteiger partial charge < -0.3 is 15.0 Å². The van der Waals surface area contributed by atoms with Gasteiger partial charge in [-0.1, -0.05) is 41.9 Å². The molecule has 2 aromatic carbocycles. The summed E-state index contributed by atoms with van der Waals surface area (Å²) in [7, 11) is 0. The van der Waals surface area contributed by atoms with Gasteiger partial charge in [-0.15, -0.1) is 0 Å². The van der Waals surface area contributed by atoms with E-state index in [4.69, 9.17) is 4.74 Å². The molecule has 1 amide bonds. The summed E-state index contributed by atoms with van der Waals surface area (Å²) >= 11 is 3.46. The third-order valence-corrected chi connectivity index (χ3v) is 6.62. The molecule has 36 heavy (non-hydrogen) atoms. The lowest BCUT2D eigenvalue weighted by Gasteiger charge is -2.19. The highest BCUT2D eigenvalue weighted by atomic mass is 79.9. The number of rotatable bonds is 12. The van der Waals surface area contributed by atoms with Crippen LogP contribution in [0.2, 0.25) is 0 Å². The third kappa shape index (κ3) is 7.27. The molecule has 7 nitrogen and oxygen atoms in total. The topological polar surface area (TPSA) is 76.5 Å². The van der Waals surface area contributed by atoms with E-state index in [1.54, 1.807) is 29.8 Å². The molecule has 0 saturated heterocycles. The minimum Gasteiger partial charge on any atom is -0.461 e. The number of nitrogens with zero attached hydrogens (tertiary/aromatic N) is 3. The van der Waals surface area contributed by atoms with Crippen LogP contribution >= 0.6 is 15.9 Å². The number of nitrogens with one attached hydrogen (secondary N) is 1. The van der Waals surface area contributed by atoms with E-state index in [0.29, 0.717) is 5.56 Å². The summed E-state index contributed by atoms with van der Waals surface area (Å²) < 4.78 is 7.81. The van der Waals surface area contributed by atoms with Crippen LogP contribution in [0.4, 0.5) is 0 Å². The van der Waals surface area contributed by atoms with Crippen molar-refractivity contribution in [3.05, 3.63) is 70.3 Å². The van der Waals surface area contributed by atoms with Crippen molar-refractivity contribution in [1.29, 1.82) is 0 Å². The lowest BCUT2D eigenvalue weighted by Crippen LogP contribution is -2.33. The number of amides is 1. The fourth-order valence-corrected chi connectivity index (χ4v) is 4.27. The zero-order chi connectivity index (χ0) is 26.1. The van der Waals surface area contributed by atoms with E-state index in [-0.39, 0.29) is 24.2 Å². The highest BCUT2D eigenvalue weighted by molar-refractivity contribution is 9.10. The van der Waals surface area contributed by atoms with Crippen LogP contribution in [0, 0.1) is 0 Å². The van der Waals surface area contributed by atoms with Crippen molar-refractivity contribution >= 4 is 27.8 Å². The Bertz CT molecular complexity index is 1140. The Morgan fingerprint density at radius 2 is 1.72 bits per heavy atom. The quantitative estimate of drug-likeness (QED) is 0.290. The van der Waals surface area contributed by atoms with Crippen molar-refractivity contribution in [2.45, 2.75) is 46.6 Å². The second kappa shape index (κ2) is 13.4. The summed E-state index contributed by atoms with van der Waals surface area (Å²) in [5, 5.41) is 7.60. The average Bonchev–Trinajstić information content (AvgIpc) is 3.33. The molecule has 3 aromatic rings. The van der Waals surface area contributed by atoms with Crippen LogP contribution in [0.25, 0.3) is 16.9 Å². The molecule has 0 bridgehead atoms. The standard InChI is InChI=1S/C28H35BrN4O3/c1-5-32(6-2)18-8-9-20(4)30-27(34)22-12-16-24(17-13-22)33-26(21-10-14-23(29)15-11-21)19-25(31-33)28(35)36-7-3/h10-17,19-20H,5-9,18H2,1-4H3,(H,30,34). The number of hydrogen-bond donors (Lipinski definition) is 1. The third-order valence-electron chi connectivity index (χ3n) is 6.09. The van der Waals surface area contributed by atoms with Crippen molar-refractivity contribution in [3.63, 3.8) is 0 Å². The highest BCUT2D eigenvalue weighted by Crippen LogP contribution is 2.26. The maximum atomic E-state index is 12.8. The van der Waals surface area contributed by atoms with Crippen molar-refractivity contribution in [2.75, 3.05) is 26.2 Å². The molecule has 1 aromatic heterocycles. The number of benzene rings is 2. The van der Waals surface area contributed by atoms with E-state index in [1.807, 2.05) is 43.3 Å². The van der Waals surface area contributed by atoms with E-state index in [2.05, 4.69) is 45.1 Å². The van der Waals surface area contributed by atoms with Gasteiger partial charge in [-0.25, -0.2) is 9.48 Å². The van der Waals surface area contributed by atoms with Gasteiger partial charge in [-0.05, 0) is 88.8 Å². The molecule has 0 aliphatic rings. The van der Waals surface area contributed by atoms with E-state index in [0.717, 1.165) is 53.9 Å². The smallest absolute Gasteiger partial charge is 0.358 e. The summed E-state index contributed by atoms with van der Waals surface area (Å²) in [6, 6.07) is 16.8. The number of ether oxygens (including phenoxy) is 1. The van der Waals surface area contributed by atoms with Crippen molar-refractivity contribution in [1.82, 2.24) is 20.0 Å². The minimum absolute atomic E-state index is 0.0926. The number of halogens is 1. The van der Waals surface area contributed by atoms with Crippen molar-refractivity contribution in [2.24, 2.45) is 0 Å². The molecule has 8 heteroatoms. The second-order valence-electron chi connectivity index (χ2n) is 8.64. The van der Waals surface area contributed by atoms with E-state index >= 15 is 0 Å². The molecular formula is C28H35BrN4O3. The summed E-state index contributed by atoms with van der Waals surface area (Å²) in [5.74, 6) is -0.571. The SMILES string of the molecule is CCOC(=O)c1cc(-c2ccc(Br)cc2)n(-c2ccc(C(=O)NC(C)CCCN(CC)CC)cc2)n1. The number of esters is 1. The molecule has 1 atom stereocenters. The summed E-state index contributed by atoms with van der Waals surface area (Å²) in [5.41, 5.74) is 3.21. The monoisotopic (exact) mass is 554 g/mol. The molecule has 0 spiro atoms. The normalized spacial score (nSPS) is 11.9. The molecule has 0 aliphatic carbocycles. The zero-order valence-electron chi connectivity index (χ0n) is 21.5. The van der Waals surface area contributed by atoms with E-state index < -0.39 is 5.97 Å². The first kappa shape index (κ1) is 27.6. The first-order chi connectivity index (χ1) is 17.4. The van der Waals surface area contributed by atoms with Crippen LogP contribution in [0.5, 0.6) is 0 Å². The predicted molar refractivity (Wildman–Crippen MR) is 147 cm³/mol. The van der Waals surface area contributed by atoms with Crippen molar-refractivity contribution < 1.29 is 14.3 Å². The van der Waals surface area contributed by atoms with Gasteiger partial charge in [0, 0.05) is 21.6 Å². The van der Waals surface area contributed by atoms with Crippen LogP contribution in [0.3, 0.4) is 0 Å². The fraction of sp³-hybridized carbons (Fsp3) is 0.393. The van der Waals surface area contributed by atoms with Crippen LogP contribution in [-0.2, 0) is 4.74 Å². The summed E-state index contributed by atoms with van der Waals surface area (Å²) in [4.78, 5) is 27.5. The Morgan fingerprint density at radius 3 is 2.33 bits per heavy atom.